The van der Waals surface area contributed by atoms with Crippen LogP contribution in [0.2, 0.25) is 0 Å². The summed E-state index contributed by atoms with van der Waals surface area (Å²) in [7, 11) is 0. The molecule has 2 rings (SSSR count). The summed E-state index contributed by atoms with van der Waals surface area (Å²) >= 11 is 2.86. The molecule has 0 aliphatic heterocycles. The molecule has 0 aliphatic carbocycles. The van der Waals surface area contributed by atoms with Crippen LogP contribution in [0, 0.1) is 30.2 Å². The van der Waals surface area contributed by atoms with E-state index in [0.717, 1.165) is 12.1 Å². The molecule has 2 N–H and O–H groups in total. The van der Waals surface area contributed by atoms with Gasteiger partial charge in [-0.3, -0.25) is 0 Å². The number of nitrogens with two attached hydrogens (primary N) is 1. The molecule has 2 aromatic carbocycles. The van der Waals surface area contributed by atoms with E-state index in [1.54, 1.807) is 0 Å². The van der Waals surface area contributed by atoms with Crippen LogP contribution in [0.5, 0.6) is 0 Å². The second-order valence-electron chi connectivity index (χ2n) is 4.33. The van der Waals surface area contributed by atoms with Crippen LogP contribution in [0.3, 0.4) is 0 Å². The van der Waals surface area contributed by atoms with Gasteiger partial charge in [-0.05, 0) is 46.1 Å². The number of hydrogen-bond donors (Lipinski definition) is 1. The fourth-order valence-corrected chi connectivity index (χ4v) is 2.47. The van der Waals surface area contributed by atoms with E-state index in [1.807, 2.05) is 0 Å². The highest BCUT2D eigenvalue weighted by Gasteiger charge is 2.23. The van der Waals surface area contributed by atoms with E-state index in [-0.39, 0.29) is 21.2 Å². The van der Waals surface area contributed by atoms with Gasteiger partial charge in [0.05, 0.1) is 10.5 Å². The Labute approximate surface area is 121 Å². The molecule has 0 spiro atoms. The normalized spacial score (nSPS) is 12.6. The van der Waals surface area contributed by atoms with E-state index in [1.165, 1.54) is 19.1 Å². The molecule has 0 saturated carbocycles. The fourth-order valence-electron chi connectivity index (χ4n) is 1.90. The molecule has 0 aliphatic rings. The number of hydrogen-bond acceptors (Lipinski definition) is 1. The molecule has 0 aromatic heterocycles. The quantitative estimate of drug-likeness (QED) is 0.633. The van der Waals surface area contributed by atoms with Crippen LogP contribution >= 0.6 is 15.9 Å². The first-order valence-electron chi connectivity index (χ1n) is 5.68. The Morgan fingerprint density at radius 3 is 2.20 bits per heavy atom. The summed E-state index contributed by atoms with van der Waals surface area (Å²) in [6.45, 7) is 1.46. The lowest BCUT2D eigenvalue weighted by atomic mass is 9.96. The second kappa shape index (κ2) is 5.54. The molecule has 0 fully saturated rings. The monoisotopic (exact) mass is 347 g/mol. The molecule has 0 radical (unpaired) electrons. The lowest BCUT2D eigenvalue weighted by Gasteiger charge is -2.17. The van der Waals surface area contributed by atoms with E-state index in [4.69, 9.17) is 5.73 Å². The van der Waals surface area contributed by atoms with Gasteiger partial charge in [0.15, 0.2) is 11.6 Å². The van der Waals surface area contributed by atoms with Crippen molar-refractivity contribution in [2.75, 3.05) is 0 Å². The van der Waals surface area contributed by atoms with Crippen molar-refractivity contribution in [2.24, 2.45) is 5.73 Å². The minimum Gasteiger partial charge on any atom is -0.320 e. The van der Waals surface area contributed by atoms with Gasteiger partial charge in [0.25, 0.3) is 0 Å². The zero-order chi connectivity index (χ0) is 15.0. The van der Waals surface area contributed by atoms with Crippen molar-refractivity contribution >= 4 is 15.9 Å². The molecule has 1 nitrogen and oxygen atoms in total. The van der Waals surface area contributed by atoms with Crippen LogP contribution in [0.1, 0.15) is 22.7 Å². The summed E-state index contributed by atoms with van der Waals surface area (Å²) in [5, 5.41) is 0. The first-order valence-corrected chi connectivity index (χ1v) is 6.47. The largest absolute Gasteiger partial charge is 0.320 e. The van der Waals surface area contributed by atoms with Crippen molar-refractivity contribution in [3.63, 3.8) is 0 Å². The van der Waals surface area contributed by atoms with Gasteiger partial charge >= 0.3 is 0 Å². The Morgan fingerprint density at radius 1 is 0.950 bits per heavy atom. The highest BCUT2D eigenvalue weighted by molar-refractivity contribution is 9.10. The maximum absolute atomic E-state index is 14.0. The number of benzene rings is 2. The Bertz CT molecular complexity index is 673. The topological polar surface area (TPSA) is 26.0 Å². The maximum atomic E-state index is 14.0. The molecule has 0 amide bonds. The highest BCUT2D eigenvalue weighted by atomic mass is 79.9. The molecule has 0 heterocycles. The average molecular weight is 348 g/mol. The molecule has 2 aromatic rings. The van der Waals surface area contributed by atoms with Crippen molar-refractivity contribution in [3.8, 4) is 0 Å². The fraction of sp³-hybridized carbons (Fsp3) is 0.143. The molecule has 106 valence electrons. The van der Waals surface area contributed by atoms with Crippen LogP contribution in [0.4, 0.5) is 17.6 Å². The summed E-state index contributed by atoms with van der Waals surface area (Å²) in [4.78, 5) is 0. The Balaban J connectivity index is 2.61. The van der Waals surface area contributed by atoms with Crippen molar-refractivity contribution in [2.45, 2.75) is 13.0 Å². The zero-order valence-corrected chi connectivity index (χ0v) is 11.9. The average Bonchev–Trinajstić information content (AvgIpc) is 2.41. The lowest BCUT2D eigenvalue weighted by Crippen LogP contribution is -2.17. The van der Waals surface area contributed by atoms with Gasteiger partial charge in [0.1, 0.15) is 11.6 Å². The molecule has 0 bridgehead atoms. The highest BCUT2D eigenvalue weighted by Crippen LogP contribution is 2.33. The van der Waals surface area contributed by atoms with Crippen LogP contribution in [-0.4, -0.2) is 0 Å². The third kappa shape index (κ3) is 2.45. The zero-order valence-electron chi connectivity index (χ0n) is 10.4. The third-order valence-electron chi connectivity index (χ3n) is 3.03. The van der Waals surface area contributed by atoms with Crippen molar-refractivity contribution in [1.82, 2.24) is 0 Å². The standard InChI is InChI=1S/C14H10BrF4N/c1-6-2-4-8(16)10(12(6)18)14(20)7-3-5-9(17)13(19)11(7)15/h2-5,14H,20H2,1H3. The van der Waals surface area contributed by atoms with Gasteiger partial charge in [-0.2, -0.15) is 0 Å². The van der Waals surface area contributed by atoms with Gasteiger partial charge in [0.2, 0.25) is 0 Å². The summed E-state index contributed by atoms with van der Waals surface area (Å²) in [5.74, 6) is -3.85. The minimum atomic E-state index is -1.25. The van der Waals surface area contributed by atoms with Crippen LogP contribution in [0.25, 0.3) is 0 Å². The van der Waals surface area contributed by atoms with E-state index < -0.39 is 29.3 Å². The van der Waals surface area contributed by atoms with E-state index >= 15 is 0 Å². The molecule has 20 heavy (non-hydrogen) atoms. The van der Waals surface area contributed by atoms with Crippen LogP contribution < -0.4 is 5.73 Å². The first kappa shape index (κ1) is 15.0. The number of aryl methyl sites for hydroxylation is 1. The summed E-state index contributed by atoms with van der Waals surface area (Å²) in [6, 6.07) is 3.16. The summed E-state index contributed by atoms with van der Waals surface area (Å²) in [5.41, 5.74) is 5.71. The molecule has 1 atom stereocenters. The van der Waals surface area contributed by atoms with Gasteiger partial charge in [-0.25, -0.2) is 17.6 Å². The van der Waals surface area contributed by atoms with Crippen LogP contribution in [0.15, 0.2) is 28.7 Å². The minimum absolute atomic E-state index is 0.0623. The van der Waals surface area contributed by atoms with Gasteiger partial charge < -0.3 is 5.73 Å². The van der Waals surface area contributed by atoms with Gasteiger partial charge in [-0.15, -0.1) is 0 Å². The molecular formula is C14H10BrF4N. The lowest BCUT2D eigenvalue weighted by molar-refractivity contribution is 0.499. The first-order chi connectivity index (χ1) is 9.34. The predicted molar refractivity (Wildman–Crippen MR) is 71.2 cm³/mol. The van der Waals surface area contributed by atoms with Crippen LogP contribution in [-0.2, 0) is 0 Å². The molecular weight excluding hydrogens is 338 g/mol. The second-order valence-corrected chi connectivity index (χ2v) is 5.13. The van der Waals surface area contributed by atoms with Gasteiger partial charge in [0, 0.05) is 5.56 Å². The van der Waals surface area contributed by atoms with Gasteiger partial charge in [-0.1, -0.05) is 12.1 Å². The molecule has 0 saturated heterocycles. The predicted octanol–water partition coefficient (Wildman–Crippen LogP) is 4.36. The molecule has 1 unspecified atom stereocenters. The Hall–Kier alpha value is -1.40. The third-order valence-corrected chi connectivity index (χ3v) is 3.84. The number of halogens is 5. The van der Waals surface area contributed by atoms with Crippen molar-refractivity contribution in [3.05, 3.63) is 68.7 Å². The smallest absolute Gasteiger partial charge is 0.173 e. The Kier molecular flexibility index (Phi) is 4.15. The van der Waals surface area contributed by atoms with E-state index in [2.05, 4.69) is 15.9 Å². The number of rotatable bonds is 2. The molecule has 6 heteroatoms. The SMILES string of the molecule is Cc1ccc(F)c(C(N)c2ccc(F)c(F)c2Br)c1F. The van der Waals surface area contributed by atoms with Crippen molar-refractivity contribution < 1.29 is 17.6 Å². The summed E-state index contributed by atoms with van der Waals surface area (Å²) in [6.07, 6.45) is 0. The van der Waals surface area contributed by atoms with Crippen molar-refractivity contribution in [1.29, 1.82) is 0 Å². The maximum Gasteiger partial charge on any atom is 0.173 e. The van der Waals surface area contributed by atoms with E-state index in [0.29, 0.717) is 0 Å². The van der Waals surface area contributed by atoms with E-state index in [9.17, 15) is 17.6 Å². The summed E-state index contributed by atoms with van der Waals surface area (Å²) < 4.78 is 54.1. The Morgan fingerprint density at radius 2 is 1.55 bits per heavy atom.